The van der Waals surface area contributed by atoms with Crippen LogP contribution >= 0.6 is 0 Å². The number of amides is 2. The number of nitrogens with one attached hydrogen (secondary N) is 1. The lowest BCUT2D eigenvalue weighted by atomic mass is 10.1. The van der Waals surface area contributed by atoms with E-state index in [9.17, 15) is 19.5 Å². The Bertz CT molecular complexity index is 1040. The van der Waals surface area contributed by atoms with Gasteiger partial charge in [0, 0.05) is 13.0 Å². The summed E-state index contributed by atoms with van der Waals surface area (Å²) in [4.78, 5) is 37.6. The van der Waals surface area contributed by atoms with Crippen molar-refractivity contribution in [3.63, 3.8) is 0 Å². The van der Waals surface area contributed by atoms with E-state index in [1.807, 2.05) is 6.07 Å². The third kappa shape index (κ3) is 13.2. The molecule has 0 aliphatic rings. The van der Waals surface area contributed by atoms with Gasteiger partial charge in [0.05, 0.1) is 19.9 Å². The Labute approximate surface area is 214 Å². The van der Waals surface area contributed by atoms with E-state index >= 15 is 0 Å². The molecule has 0 radical (unpaired) electrons. The molecule has 2 aromatic carbocycles. The molecule has 0 aliphatic carbocycles. The van der Waals surface area contributed by atoms with Crippen molar-refractivity contribution in [2.45, 2.75) is 31.3 Å². The summed E-state index contributed by atoms with van der Waals surface area (Å²) in [5.74, 6) is -0.838. The van der Waals surface area contributed by atoms with Gasteiger partial charge >= 0.3 is 18.0 Å². The number of carbonyl (C=O) groups excluding carboxylic acids is 2. The molecule has 13 nitrogen and oxygen atoms in total. The van der Waals surface area contributed by atoms with E-state index in [2.05, 4.69) is 25.3 Å². The SMILES string of the molecule is COC(=O)C(N)CCCN=C(N)N.COc1ccc(N=NC(=O)N[C@@H](Cc2ccccc2)C(=O)O)cc1. The van der Waals surface area contributed by atoms with Gasteiger partial charge in [-0.25, -0.2) is 9.59 Å². The average molecular weight is 516 g/mol. The second-order valence-electron chi connectivity index (χ2n) is 7.51. The number of hydrogen-bond donors (Lipinski definition) is 5. The van der Waals surface area contributed by atoms with Gasteiger partial charge in [-0.15, -0.1) is 5.11 Å². The molecule has 2 rings (SSSR count). The van der Waals surface area contributed by atoms with Crippen molar-refractivity contribution in [2.24, 2.45) is 32.4 Å². The normalized spacial score (nSPS) is 11.9. The lowest BCUT2D eigenvalue weighted by Crippen LogP contribution is -2.40. The van der Waals surface area contributed by atoms with Crippen LogP contribution < -0.4 is 27.3 Å². The van der Waals surface area contributed by atoms with Crippen LogP contribution in [0.1, 0.15) is 18.4 Å². The van der Waals surface area contributed by atoms with Crippen molar-refractivity contribution in [2.75, 3.05) is 20.8 Å². The van der Waals surface area contributed by atoms with E-state index in [4.69, 9.17) is 21.9 Å². The first-order valence-corrected chi connectivity index (χ1v) is 11.2. The number of carboxylic acid groups (broad SMARTS) is 1. The molecule has 0 saturated carbocycles. The molecule has 0 saturated heterocycles. The molecule has 1 unspecified atom stereocenters. The molecule has 37 heavy (non-hydrogen) atoms. The lowest BCUT2D eigenvalue weighted by molar-refractivity contribution is -0.142. The number of ether oxygens (including phenoxy) is 2. The zero-order valence-corrected chi connectivity index (χ0v) is 20.7. The van der Waals surface area contributed by atoms with Crippen LogP contribution in [0.4, 0.5) is 10.5 Å². The fraction of sp³-hybridized carbons (Fsp3) is 0.333. The summed E-state index contributed by atoms with van der Waals surface area (Å²) < 4.78 is 9.45. The van der Waals surface area contributed by atoms with Crippen LogP contribution in [0.2, 0.25) is 0 Å². The van der Waals surface area contributed by atoms with Crippen LogP contribution in [-0.4, -0.2) is 61.9 Å². The van der Waals surface area contributed by atoms with Gasteiger partial charge in [0.15, 0.2) is 5.96 Å². The molecule has 0 bridgehead atoms. The second kappa shape index (κ2) is 17.0. The Kier molecular flexibility index (Phi) is 14.0. The Morgan fingerprint density at radius 2 is 1.68 bits per heavy atom. The van der Waals surface area contributed by atoms with E-state index in [1.54, 1.807) is 55.6 Å². The number of hydrogen-bond acceptors (Lipinski definition) is 8. The zero-order chi connectivity index (χ0) is 27.6. The minimum Gasteiger partial charge on any atom is -0.497 e. The van der Waals surface area contributed by atoms with Crippen LogP contribution in [-0.2, 0) is 20.7 Å². The first kappa shape index (κ1) is 30.5. The molecule has 2 amide bonds. The fourth-order valence-electron chi connectivity index (χ4n) is 2.77. The number of esters is 1. The number of carbonyl (C=O) groups is 3. The number of guanidine groups is 1. The predicted octanol–water partition coefficient (Wildman–Crippen LogP) is 1.72. The standard InChI is InChI=1S/C17H17N3O4.C7H16N4O2/c1-24-14-9-7-13(8-10-14)19-20-17(23)18-15(16(21)22)11-12-5-3-2-4-6-12;1-13-6(12)5(8)3-2-4-11-7(9)10/h2-10,15H,11H2,1H3,(H,18,23)(H,21,22);5H,2-4,8H2,1H3,(H4,9,10,11)/t15-;/m0./s1. The largest absolute Gasteiger partial charge is 0.497 e. The quantitative estimate of drug-likeness (QED) is 0.0965. The lowest BCUT2D eigenvalue weighted by Gasteiger charge is -2.12. The monoisotopic (exact) mass is 515 g/mol. The average Bonchev–Trinajstić information content (AvgIpc) is 2.90. The van der Waals surface area contributed by atoms with E-state index in [0.717, 1.165) is 5.56 Å². The van der Waals surface area contributed by atoms with Gasteiger partial charge in [0.1, 0.15) is 17.8 Å². The van der Waals surface area contributed by atoms with Gasteiger partial charge in [-0.2, -0.15) is 0 Å². The Balaban J connectivity index is 0.000000448. The second-order valence-corrected chi connectivity index (χ2v) is 7.51. The summed E-state index contributed by atoms with van der Waals surface area (Å²) in [6.07, 6.45) is 1.34. The molecule has 0 spiro atoms. The maximum Gasteiger partial charge on any atom is 0.360 e. The van der Waals surface area contributed by atoms with Gasteiger partial charge in [0.2, 0.25) is 0 Å². The highest BCUT2D eigenvalue weighted by atomic mass is 16.5. The smallest absolute Gasteiger partial charge is 0.360 e. The van der Waals surface area contributed by atoms with Crippen LogP contribution in [0.3, 0.4) is 0 Å². The zero-order valence-electron chi connectivity index (χ0n) is 20.7. The fourth-order valence-corrected chi connectivity index (χ4v) is 2.77. The molecule has 200 valence electrons. The number of nitrogens with two attached hydrogens (primary N) is 3. The molecule has 0 aromatic heterocycles. The summed E-state index contributed by atoms with van der Waals surface area (Å²) in [6.45, 7) is 0.479. The number of nitrogens with zero attached hydrogens (tertiary/aromatic N) is 3. The van der Waals surface area contributed by atoms with Crippen LogP contribution in [0.25, 0.3) is 0 Å². The van der Waals surface area contributed by atoms with Crippen molar-refractivity contribution in [1.29, 1.82) is 0 Å². The third-order valence-electron chi connectivity index (χ3n) is 4.68. The Morgan fingerprint density at radius 3 is 2.22 bits per heavy atom. The molecule has 8 N–H and O–H groups in total. The van der Waals surface area contributed by atoms with E-state index < -0.39 is 30.1 Å². The van der Waals surface area contributed by atoms with Crippen LogP contribution in [0.5, 0.6) is 5.75 Å². The van der Waals surface area contributed by atoms with Gasteiger partial charge in [-0.1, -0.05) is 35.4 Å². The van der Waals surface area contributed by atoms with E-state index in [0.29, 0.717) is 30.8 Å². The van der Waals surface area contributed by atoms with Crippen molar-refractivity contribution < 1.29 is 29.0 Å². The number of urea groups is 1. The van der Waals surface area contributed by atoms with Gasteiger partial charge in [-0.3, -0.25) is 9.79 Å². The predicted molar refractivity (Wildman–Crippen MR) is 138 cm³/mol. The summed E-state index contributed by atoms with van der Waals surface area (Å²) in [5, 5.41) is 18.8. The molecule has 0 fully saturated rings. The maximum atomic E-state index is 11.8. The Hall–Kier alpha value is -4.52. The molecule has 0 heterocycles. The highest BCUT2D eigenvalue weighted by Gasteiger charge is 2.20. The number of aliphatic imine (C=N–C) groups is 1. The highest BCUT2D eigenvalue weighted by molar-refractivity contribution is 5.83. The van der Waals surface area contributed by atoms with E-state index in [-0.39, 0.29) is 12.4 Å². The number of benzene rings is 2. The number of azo groups is 1. The minimum atomic E-state index is -1.13. The minimum absolute atomic E-state index is 0.0478. The first-order valence-electron chi connectivity index (χ1n) is 11.2. The van der Waals surface area contributed by atoms with E-state index in [1.165, 1.54) is 7.11 Å². The number of aliphatic carboxylic acids is 1. The van der Waals surface area contributed by atoms with Crippen LogP contribution in [0, 0.1) is 0 Å². The molecular formula is C24H33N7O6. The summed E-state index contributed by atoms with van der Waals surface area (Å²) in [5.41, 5.74) is 16.9. The summed E-state index contributed by atoms with van der Waals surface area (Å²) >= 11 is 0. The number of carboxylic acids is 1. The Morgan fingerprint density at radius 1 is 1.03 bits per heavy atom. The van der Waals surface area contributed by atoms with Crippen LogP contribution in [0.15, 0.2) is 69.8 Å². The number of methoxy groups -OCH3 is 2. The summed E-state index contributed by atoms with van der Waals surface area (Å²) in [6, 6.07) is 13.2. The van der Waals surface area contributed by atoms with Crippen molar-refractivity contribution in [1.82, 2.24) is 5.32 Å². The first-order chi connectivity index (χ1) is 17.7. The topological polar surface area (TPSA) is 217 Å². The van der Waals surface area contributed by atoms with Crippen molar-refractivity contribution >= 4 is 29.6 Å². The third-order valence-corrected chi connectivity index (χ3v) is 4.68. The highest BCUT2D eigenvalue weighted by Crippen LogP contribution is 2.17. The van der Waals surface area contributed by atoms with Gasteiger partial charge in [-0.05, 0) is 42.7 Å². The van der Waals surface area contributed by atoms with Gasteiger partial charge < -0.3 is 37.1 Å². The molecule has 2 aromatic rings. The number of rotatable bonds is 11. The van der Waals surface area contributed by atoms with Gasteiger partial charge in [0.25, 0.3) is 0 Å². The van der Waals surface area contributed by atoms with Crippen molar-refractivity contribution in [3.8, 4) is 5.75 Å². The maximum absolute atomic E-state index is 11.8. The van der Waals surface area contributed by atoms with Crippen molar-refractivity contribution in [3.05, 3.63) is 60.2 Å². The molecule has 13 heteroatoms. The summed E-state index contributed by atoms with van der Waals surface area (Å²) in [7, 11) is 2.85. The molecule has 2 atom stereocenters. The molecule has 0 aliphatic heterocycles. The molecular weight excluding hydrogens is 482 g/mol.